The zero-order valence-corrected chi connectivity index (χ0v) is 13.3. The van der Waals surface area contributed by atoms with Crippen LogP contribution in [0.4, 0.5) is 5.69 Å². The average Bonchev–Trinajstić information content (AvgIpc) is 2.39. The molecular formula is C15H14BrNO2S. The van der Waals surface area contributed by atoms with Crippen molar-refractivity contribution < 1.29 is 9.00 Å². The second kappa shape index (κ2) is 6.81. The molecule has 2 aromatic carbocycles. The van der Waals surface area contributed by atoms with E-state index in [2.05, 4.69) is 21.2 Å². The molecule has 1 N–H and O–H groups in total. The van der Waals surface area contributed by atoms with E-state index in [9.17, 15) is 9.00 Å². The van der Waals surface area contributed by atoms with Crippen LogP contribution in [0.15, 0.2) is 53.0 Å². The Morgan fingerprint density at radius 2 is 1.90 bits per heavy atom. The molecule has 0 spiro atoms. The minimum absolute atomic E-state index is 0.160. The zero-order valence-electron chi connectivity index (χ0n) is 10.9. The number of nitrogens with one attached hydrogen (secondary N) is 1. The number of hydrogen-bond donors (Lipinski definition) is 1. The SMILES string of the molecule is CS(=O)Cc1cccc(NC(=O)c2ccc(Br)cc2)c1. The average molecular weight is 352 g/mol. The van der Waals surface area contributed by atoms with Crippen molar-refractivity contribution in [3.8, 4) is 0 Å². The lowest BCUT2D eigenvalue weighted by Crippen LogP contribution is -2.11. The van der Waals surface area contributed by atoms with Gasteiger partial charge in [-0.2, -0.15) is 0 Å². The van der Waals surface area contributed by atoms with Crippen molar-refractivity contribution in [1.29, 1.82) is 0 Å². The fourth-order valence-corrected chi connectivity index (χ4v) is 2.69. The lowest BCUT2D eigenvalue weighted by atomic mass is 10.2. The smallest absolute Gasteiger partial charge is 0.255 e. The Balaban J connectivity index is 2.11. The van der Waals surface area contributed by atoms with Gasteiger partial charge in [0.1, 0.15) is 0 Å². The molecule has 0 aliphatic carbocycles. The molecule has 0 aliphatic rings. The van der Waals surface area contributed by atoms with E-state index < -0.39 is 10.8 Å². The van der Waals surface area contributed by atoms with Gasteiger partial charge in [-0.05, 0) is 42.0 Å². The van der Waals surface area contributed by atoms with Gasteiger partial charge in [0.25, 0.3) is 5.91 Å². The molecule has 104 valence electrons. The van der Waals surface area contributed by atoms with Crippen molar-refractivity contribution in [1.82, 2.24) is 0 Å². The summed E-state index contributed by atoms with van der Waals surface area (Å²) < 4.78 is 12.2. The molecule has 3 nitrogen and oxygen atoms in total. The monoisotopic (exact) mass is 351 g/mol. The molecule has 0 heterocycles. The van der Waals surface area contributed by atoms with Gasteiger partial charge in [-0.15, -0.1) is 0 Å². The summed E-state index contributed by atoms with van der Waals surface area (Å²) >= 11 is 3.33. The Morgan fingerprint density at radius 1 is 1.20 bits per heavy atom. The molecule has 2 rings (SSSR count). The maximum absolute atomic E-state index is 12.1. The Labute approximate surface area is 129 Å². The third-order valence-corrected chi connectivity index (χ3v) is 3.93. The number of amides is 1. The third-order valence-electron chi connectivity index (χ3n) is 2.66. The van der Waals surface area contributed by atoms with Crippen LogP contribution >= 0.6 is 15.9 Å². The zero-order chi connectivity index (χ0) is 14.5. The number of rotatable bonds is 4. The molecule has 5 heteroatoms. The first-order valence-corrected chi connectivity index (χ1v) is 8.52. The molecule has 1 amide bonds. The van der Waals surface area contributed by atoms with Gasteiger partial charge in [-0.3, -0.25) is 9.00 Å². The van der Waals surface area contributed by atoms with Crippen LogP contribution in [-0.4, -0.2) is 16.4 Å². The maximum Gasteiger partial charge on any atom is 0.255 e. The fraction of sp³-hybridized carbons (Fsp3) is 0.133. The number of halogens is 1. The lowest BCUT2D eigenvalue weighted by Gasteiger charge is -2.07. The Morgan fingerprint density at radius 3 is 2.55 bits per heavy atom. The van der Waals surface area contributed by atoms with E-state index in [1.54, 1.807) is 18.4 Å². The largest absolute Gasteiger partial charge is 0.322 e. The minimum Gasteiger partial charge on any atom is -0.322 e. The van der Waals surface area contributed by atoms with Gasteiger partial charge in [0.2, 0.25) is 0 Å². The van der Waals surface area contributed by atoms with E-state index in [1.807, 2.05) is 36.4 Å². The summed E-state index contributed by atoms with van der Waals surface area (Å²) in [6.45, 7) is 0. The molecule has 0 saturated carbocycles. The third kappa shape index (κ3) is 4.28. The summed E-state index contributed by atoms with van der Waals surface area (Å²) in [6, 6.07) is 14.6. The van der Waals surface area contributed by atoms with E-state index in [1.165, 1.54) is 0 Å². The van der Waals surface area contributed by atoms with Crippen LogP contribution in [0.5, 0.6) is 0 Å². The van der Waals surface area contributed by atoms with E-state index >= 15 is 0 Å². The van der Waals surface area contributed by atoms with Crippen molar-refractivity contribution in [2.24, 2.45) is 0 Å². The molecule has 20 heavy (non-hydrogen) atoms. The molecule has 1 atom stereocenters. The van der Waals surface area contributed by atoms with E-state index in [0.29, 0.717) is 17.0 Å². The lowest BCUT2D eigenvalue weighted by molar-refractivity contribution is 0.102. The van der Waals surface area contributed by atoms with Crippen molar-refractivity contribution in [2.75, 3.05) is 11.6 Å². The number of carbonyl (C=O) groups is 1. The highest BCUT2D eigenvalue weighted by Crippen LogP contribution is 2.15. The van der Waals surface area contributed by atoms with Crippen LogP contribution < -0.4 is 5.32 Å². The number of anilines is 1. The first-order valence-electron chi connectivity index (χ1n) is 6.00. The van der Waals surface area contributed by atoms with Crippen LogP contribution in [0.1, 0.15) is 15.9 Å². The molecule has 0 aliphatic heterocycles. The highest BCUT2D eigenvalue weighted by atomic mass is 79.9. The molecule has 0 saturated heterocycles. The van der Waals surface area contributed by atoms with Crippen LogP contribution in [0.25, 0.3) is 0 Å². The van der Waals surface area contributed by atoms with Crippen molar-refractivity contribution in [3.05, 3.63) is 64.1 Å². The number of hydrogen-bond acceptors (Lipinski definition) is 2. The van der Waals surface area contributed by atoms with Crippen LogP contribution in [0.3, 0.4) is 0 Å². The second-order valence-corrected chi connectivity index (χ2v) is 6.73. The molecule has 2 aromatic rings. The first kappa shape index (κ1) is 14.9. The van der Waals surface area contributed by atoms with Gasteiger partial charge in [0.15, 0.2) is 0 Å². The molecule has 0 fully saturated rings. The minimum atomic E-state index is -0.894. The molecule has 0 aromatic heterocycles. The Hall–Kier alpha value is -1.46. The second-order valence-electron chi connectivity index (χ2n) is 4.38. The van der Waals surface area contributed by atoms with Crippen LogP contribution in [0, 0.1) is 0 Å². The van der Waals surface area contributed by atoms with Gasteiger partial charge >= 0.3 is 0 Å². The summed E-state index contributed by atoms with van der Waals surface area (Å²) in [7, 11) is -0.894. The van der Waals surface area contributed by atoms with Crippen molar-refractivity contribution in [3.63, 3.8) is 0 Å². The molecule has 1 unspecified atom stereocenters. The number of carbonyl (C=O) groups excluding carboxylic acids is 1. The van der Waals surface area contributed by atoms with Gasteiger partial charge in [0.05, 0.1) is 0 Å². The summed E-state index contributed by atoms with van der Waals surface area (Å²) in [5.41, 5.74) is 2.25. The predicted molar refractivity (Wildman–Crippen MR) is 86.3 cm³/mol. The van der Waals surface area contributed by atoms with E-state index in [0.717, 1.165) is 10.0 Å². The normalized spacial score (nSPS) is 11.9. The summed E-state index contributed by atoms with van der Waals surface area (Å²) in [5.74, 6) is 0.328. The first-order chi connectivity index (χ1) is 9.54. The summed E-state index contributed by atoms with van der Waals surface area (Å²) in [6.07, 6.45) is 1.66. The number of benzene rings is 2. The maximum atomic E-state index is 12.1. The fourth-order valence-electron chi connectivity index (χ4n) is 1.78. The standard InChI is InChI=1S/C15H14BrNO2S/c1-20(19)10-11-3-2-4-14(9-11)17-15(18)12-5-7-13(16)8-6-12/h2-9H,10H2,1H3,(H,17,18). The van der Waals surface area contributed by atoms with Crippen molar-refractivity contribution >= 4 is 38.3 Å². The highest BCUT2D eigenvalue weighted by Gasteiger charge is 2.06. The quantitative estimate of drug-likeness (QED) is 0.914. The summed E-state index contributed by atoms with van der Waals surface area (Å²) in [4.78, 5) is 12.1. The topological polar surface area (TPSA) is 46.2 Å². The van der Waals surface area contributed by atoms with Gasteiger partial charge in [-0.1, -0.05) is 28.1 Å². The van der Waals surface area contributed by atoms with Gasteiger partial charge in [0, 0.05) is 38.5 Å². The van der Waals surface area contributed by atoms with Gasteiger partial charge in [-0.25, -0.2) is 0 Å². The van der Waals surface area contributed by atoms with E-state index in [-0.39, 0.29) is 5.91 Å². The Bertz CT molecular complexity index is 641. The summed E-state index contributed by atoms with van der Waals surface area (Å²) in [5, 5.41) is 2.84. The molecular weight excluding hydrogens is 338 g/mol. The van der Waals surface area contributed by atoms with Crippen LogP contribution in [-0.2, 0) is 16.6 Å². The molecule has 0 bridgehead atoms. The van der Waals surface area contributed by atoms with Crippen molar-refractivity contribution in [2.45, 2.75) is 5.75 Å². The van der Waals surface area contributed by atoms with E-state index in [4.69, 9.17) is 0 Å². The molecule has 0 radical (unpaired) electrons. The van der Waals surface area contributed by atoms with Crippen LogP contribution in [0.2, 0.25) is 0 Å². The highest BCUT2D eigenvalue weighted by molar-refractivity contribution is 9.10. The predicted octanol–water partition coefficient (Wildman–Crippen LogP) is 3.58. The van der Waals surface area contributed by atoms with Gasteiger partial charge < -0.3 is 5.32 Å². The Kier molecular flexibility index (Phi) is 5.09.